The quantitative estimate of drug-likeness (QED) is 0.721. The van der Waals surface area contributed by atoms with Crippen molar-refractivity contribution >= 4 is 18.3 Å². The van der Waals surface area contributed by atoms with Crippen LogP contribution in [0.2, 0.25) is 0 Å². The second-order valence-electron chi connectivity index (χ2n) is 6.29. The number of rotatable bonds is 1. The van der Waals surface area contributed by atoms with Crippen molar-refractivity contribution in [3.05, 3.63) is 18.2 Å². The van der Waals surface area contributed by atoms with E-state index < -0.39 is 0 Å². The maximum Gasteiger partial charge on any atom is 0.494 e. The van der Waals surface area contributed by atoms with Gasteiger partial charge in [0.2, 0.25) is 0 Å². The van der Waals surface area contributed by atoms with Crippen LogP contribution in [0.4, 0.5) is 5.69 Å². The summed E-state index contributed by atoms with van der Waals surface area (Å²) >= 11 is 0. The van der Waals surface area contributed by atoms with Crippen molar-refractivity contribution in [3.8, 4) is 5.75 Å². The fourth-order valence-corrected chi connectivity index (χ4v) is 2.32. The third kappa shape index (κ3) is 1.92. The molecule has 0 N–H and O–H groups in total. The van der Waals surface area contributed by atoms with Gasteiger partial charge in [0.15, 0.2) is 6.73 Å². The van der Waals surface area contributed by atoms with E-state index in [-0.39, 0.29) is 18.3 Å². The minimum atomic E-state index is -0.329. The molecular formula is C14H20BNO3. The zero-order chi connectivity index (χ0) is 13.8. The molecule has 0 spiro atoms. The van der Waals surface area contributed by atoms with E-state index in [0.717, 1.165) is 16.9 Å². The molecule has 0 aromatic heterocycles. The van der Waals surface area contributed by atoms with E-state index in [4.69, 9.17) is 14.0 Å². The molecule has 2 aliphatic heterocycles. The summed E-state index contributed by atoms with van der Waals surface area (Å²) in [5.41, 5.74) is 1.50. The molecule has 1 saturated heterocycles. The Morgan fingerprint density at radius 3 is 2.37 bits per heavy atom. The maximum absolute atomic E-state index is 6.05. The van der Waals surface area contributed by atoms with Gasteiger partial charge in [0.05, 0.1) is 16.9 Å². The highest BCUT2D eigenvalue weighted by Gasteiger charge is 2.51. The predicted molar refractivity (Wildman–Crippen MR) is 76.1 cm³/mol. The Morgan fingerprint density at radius 2 is 1.74 bits per heavy atom. The first-order chi connectivity index (χ1) is 8.80. The smallest absolute Gasteiger partial charge is 0.471 e. The van der Waals surface area contributed by atoms with Crippen molar-refractivity contribution in [1.29, 1.82) is 0 Å². The number of nitrogens with zero attached hydrogens (tertiary/aromatic N) is 1. The van der Waals surface area contributed by atoms with Crippen molar-refractivity contribution in [2.45, 2.75) is 38.9 Å². The average molecular weight is 261 g/mol. The van der Waals surface area contributed by atoms with E-state index in [1.54, 1.807) is 0 Å². The number of benzene rings is 1. The lowest BCUT2D eigenvalue weighted by molar-refractivity contribution is 0.00578. The van der Waals surface area contributed by atoms with Gasteiger partial charge in [-0.25, -0.2) is 0 Å². The molecular weight excluding hydrogens is 241 g/mol. The Hall–Kier alpha value is -1.20. The van der Waals surface area contributed by atoms with Gasteiger partial charge in [-0.15, -0.1) is 0 Å². The van der Waals surface area contributed by atoms with Crippen LogP contribution in [0.25, 0.3) is 0 Å². The molecule has 0 bridgehead atoms. The lowest BCUT2D eigenvalue weighted by atomic mass is 9.79. The molecule has 2 heterocycles. The fraction of sp³-hybridized carbons (Fsp3) is 0.571. The zero-order valence-electron chi connectivity index (χ0n) is 12.2. The molecule has 1 aromatic carbocycles. The average Bonchev–Trinajstić information content (AvgIpc) is 2.78. The topological polar surface area (TPSA) is 30.9 Å². The summed E-state index contributed by atoms with van der Waals surface area (Å²) < 4.78 is 17.7. The summed E-state index contributed by atoms with van der Waals surface area (Å²) in [7, 11) is 1.69. The highest BCUT2D eigenvalue weighted by molar-refractivity contribution is 6.62. The van der Waals surface area contributed by atoms with Gasteiger partial charge in [-0.3, -0.25) is 0 Å². The van der Waals surface area contributed by atoms with Gasteiger partial charge >= 0.3 is 7.12 Å². The Labute approximate surface area is 114 Å². The van der Waals surface area contributed by atoms with Gasteiger partial charge < -0.3 is 18.9 Å². The molecule has 1 fully saturated rings. The van der Waals surface area contributed by atoms with Crippen LogP contribution in [0.5, 0.6) is 5.75 Å². The monoisotopic (exact) mass is 261 g/mol. The number of fused-ring (bicyclic) bond motifs is 1. The van der Waals surface area contributed by atoms with Crippen molar-refractivity contribution in [1.82, 2.24) is 0 Å². The van der Waals surface area contributed by atoms with Gasteiger partial charge in [-0.05, 0) is 45.3 Å². The minimum absolute atomic E-state index is 0.311. The Morgan fingerprint density at radius 1 is 1.11 bits per heavy atom. The van der Waals surface area contributed by atoms with Gasteiger partial charge in [-0.2, -0.15) is 0 Å². The third-order valence-electron chi connectivity index (χ3n) is 4.33. The van der Waals surface area contributed by atoms with Crippen LogP contribution in [0, 0.1) is 0 Å². The summed E-state index contributed by atoms with van der Waals surface area (Å²) in [6, 6.07) is 6.12. The van der Waals surface area contributed by atoms with E-state index in [2.05, 4.69) is 38.7 Å². The van der Waals surface area contributed by atoms with E-state index in [1.165, 1.54) is 0 Å². The summed E-state index contributed by atoms with van der Waals surface area (Å²) in [6.45, 7) is 8.84. The van der Waals surface area contributed by atoms with Gasteiger partial charge in [0.1, 0.15) is 5.75 Å². The van der Waals surface area contributed by atoms with E-state index in [9.17, 15) is 0 Å². The molecule has 1 aromatic rings. The summed E-state index contributed by atoms with van der Waals surface area (Å²) in [5, 5.41) is 0. The molecule has 19 heavy (non-hydrogen) atoms. The minimum Gasteiger partial charge on any atom is -0.471 e. The fourth-order valence-electron chi connectivity index (χ4n) is 2.32. The number of hydrogen-bond acceptors (Lipinski definition) is 4. The molecule has 0 aliphatic carbocycles. The molecule has 3 rings (SSSR count). The highest BCUT2D eigenvalue weighted by Crippen LogP contribution is 2.37. The van der Waals surface area contributed by atoms with Crippen LogP contribution in [0.3, 0.4) is 0 Å². The van der Waals surface area contributed by atoms with E-state index >= 15 is 0 Å². The van der Waals surface area contributed by atoms with E-state index in [1.807, 2.05) is 19.2 Å². The van der Waals surface area contributed by atoms with Crippen LogP contribution in [0.1, 0.15) is 27.7 Å². The first-order valence-electron chi connectivity index (χ1n) is 6.64. The van der Waals surface area contributed by atoms with Crippen molar-refractivity contribution in [2.24, 2.45) is 0 Å². The lowest BCUT2D eigenvalue weighted by Gasteiger charge is -2.32. The molecule has 0 atom stereocenters. The standard InChI is InChI=1S/C14H20BNO3/c1-13(2)14(3,4)19-15(18-13)10-6-7-11-12(8-10)17-9-16(11)5/h6-8H,9H2,1-5H3. The van der Waals surface area contributed by atoms with Crippen LogP contribution >= 0.6 is 0 Å². The normalized spacial score (nSPS) is 23.4. The van der Waals surface area contributed by atoms with Crippen LogP contribution in [-0.2, 0) is 9.31 Å². The Bertz CT molecular complexity index is 499. The largest absolute Gasteiger partial charge is 0.494 e. The Kier molecular flexibility index (Phi) is 2.63. The molecule has 0 saturated carbocycles. The predicted octanol–water partition coefficient (Wildman–Crippen LogP) is 1.77. The van der Waals surface area contributed by atoms with Crippen molar-refractivity contribution in [2.75, 3.05) is 18.7 Å². The number of hydrogen-bond donors (Lipinski definition) is 0. The molecule has 5 heteroatoms. The third-order valence-corrected chi connectivity index (χ3v) is 4.33. The molecule has 0 radical (unpaired) electrons. The zero-order valence-corrected chi connectivity index (χ0v) is 12.2. The molecule has 0 unspecified atom stereocenters. The maximum atomic E-state index is 6.05. The molecule has 2 aliphatic rings. The highest BCUT2D eigenvalue weighted by atomic mass is 16.7. The first kappa shape index (κ1) is 12.8. The molecule has 102 valence electrons. The molecule has 0 amide bonds. The summed E-state index contributed by atoms with van der Waals surface area (Å²) in [6.07, 6.45) is 0. The van der Waals surface area contributed by atoms with Gasteiger partial charge in [0, 0.05) is 7.05 Å². The van der Waals surface area contributed by atoms with Crippen LogP contribution in [0.15, 0.2) is 18.2 Å². The number of ether oxygens (including phenoxy) is 1. The van der Waals surface area contributed by atoms with Gasteiger partial charge in [-0.1, -0.05) is 6.07 Å². The molecule has 4 nitrogen and oxygen atoms in total. The second-order valence-corrected chi connectivity index (χ2v) is 6.29. The lowest BCUT2D eigenvalue weighted by Crippen LogP contribution is -2.41. The van der Waals surface area contributed by atoms with Crippen molar-refractivity contribution < 1.29 is 14.0 Å². The Balaban J connectivity index is 1.89. The van der Waals surface area contributed by atoms with Crippen molar-refractivity contribution in [3.63, 3.8) is 0 Å². The van der Waals surface area contributed by atoms with Crippen LogP contribution in [-0.4, -0.2) is 32.1 Å². The second kappa shape index (κ2) is 3.90. The van der Waals surface area contributed by atoms with E-state index in [0.29, 0.717) is 6.73 Å². The van der Waals surface area contributed by atoms with Crippen LogP contribution < -0.4 is 15.1 Å². The van der Waals surface area contributed by atoms with Gasteiger partial charge in [0.25, 0.3) is 0 Å². The summed E-state index contributed by atoms with van der Waals surface area (Å²) in [5.74, 6) is 0.898. The summed E-state index contributed by atoms with van der Waals surface area (Å²) in [4.78, 5) is 2.07. The first-order valence-corrected chi connectivity index (χ1v) is 6.64. The number of anilines is 1. The SMILES string of the molecule is CN1COc2cc(B3OC(C)(C)C(C)(C)O3)ccc21.